The molecular weight excluding hydrogens is 230 g/mol. The van der Waals surface area contributed by atoms with E-state index in [1.54, 1.807) is 0 Å². The summed E-state index contributed by atoms with van der Waals surface area (Å²) in [5.41, 5.74) is 2.57. The van der Waals surface area contributed by atoms with E-state index >= 15 is 0 Å². The van der Waals surface area contributed by atoms with E-state index < -0.39 is 11.6 Å². The second kappa shape index (κ2) is 7.38. The highest BCUT2D eigenvalue weighted by atomic mass is 19.1. The highest BCUT2D eigenvalue weighted by Crippen LogP contribution is 2.05. The molecule has 94 valence electrons. The van der Waals surface area contributed by atoms with Crippen molar-refractivity contribution in [1.29, 1.82) is 0 Å². The van der Waals surface area contributed by atoms with Gasteiger partial charge < -0.3 is 0 Å². The average Bonchev–Trinajstić information content (AvgIpc) is 2.43. The fourth-order valence-electron chi connectivity index (χ4n) is 1.32. The van der Waals surface area contributed by atoms with Gasteiger partial charge in [-0.2, -0.15) is 0 Å². The van der Waals surface area contributed by atoms with E-state index in [1.165, 1.54) is 11.1 Å². The predicted molar refractivity (Wildman–Crippen MR) is 72.3 cm³/mol. The average molecular weight is 246 g/mol. The van der Waals surface area contributed by atoms with Crippen LogP contribution in [-0.2, 0) is 6.42 Å². The molecule has 0 unspecified atom stereocenters. The number of aryl methyl sites for hydroxylation is 1. The summed E-state index contributed by atoms with van der Waals surface area (Å²) >= 11 is 0. The summed E-state index contributed by atoms with van der Waals surface area (Å²) in [6, 6.07) is 12.8. The van der Waals surface area contributed by atoms with Crippen LogP contribution in [0.5, 0.6) is 0 Å². The lowest BCUT2D eigenvalue weighted by Gasteiger charge is -1.95. The minimum absolute atomic E-state index is 0.411. The Morgan fingerprint density at radius 1 is 0.889 bits per heavy atom. The first-order valence-corrected chi connectivity index (χ1v) is 5.78. The molecule has 0 aromatic heterocycles. The van der Waals surface area contributed by atoms with Gasteiger partial charge in [-0.1, -0.05) is 43.8 Å². The van der Waals surface area contributed by atoms with Gasteiger partial charge in [-0.05, 0) is 41.8 Å². The van der Waals surface area contributed by atoms with Crippen LogP contribution in [0.3, 0.4) is 0 Å². The number of benzene rings is 2. The summed E-state index contributed by atoms with van der Waals surface area (Å²) in [6.45, 7) is 5.84. The molecule has 18 heavy (non-hydrogen) atoms. The van der Waals surface area contributed by atoms with Crippen LogP contribution in [0.2, 0.25) is 0 Å². The summed E-state index contributed by atoms with van der Waals surface area (Å²) in [4.78, 5) is 0. The van der Waals surface area contributed by atoms with Crippen molar-refractivity contribution in [3.63, 3.8) is 0 Å². The van der Waals surface area contributed by atoms with Gasteiger partial charge in [-0.25, -0.2) is 8.78 Å². The molecule has 0 aliphatic rings. The van der Waals surface area contributed by atoms with Gasteiger partial charge in [0.25, 0.3) is 0 Å². The zero-order chi connectivity index (χ0) is 13.4. The van der Waals surface area contributed by atoms with Crippen LogP contribution in [-0.4, -0.2) is 0 Å². The molecule has 0 radical (unpaired) electrons. The molecule has 0 aliphatic carbocycles. The van der Waals surface area contributed by atoms with Gasteiger partial charge in [0.2, 0.25) is 0 Å². The zero-order valence-electron chi connectivity index (χ0n) is 10.4. The summed E-state index contributed by atoms with van der Waals surface area (Å²) in [7, 11) is 0. The van der Waals surface area contributed by atoms with Gasteiger partial charge in [0.15, 0.2) is 0 Å². The first-order valence-electron chi connectivity index (χ1n) is 5.78. The van der Waals surface area contributed by atoms with Gasteiger partial charge in [-0.15, -0.1) is 0 Å². The molecule has 0 spiro atoms. The maximum Gasteiger partial charge on any atom is 0.123 e. The van der Waals surface area contributed by atoms with Gasteiger partial charge >= 0.3 is 0 Å². The maximum absolute atomic E-state index is 11.9. The molecular formula is C16H16F2. The summed E-state index contributed by atoms with van der Waals surface area (Å²) in [6.07, 6.45) is 2.97. The molecule has 0 atom stereocenters. The molecule has 0 bridgehead atoms. The van der Waals surface area contributed by atoms with Gasteiger partial charge in [-0.3, -0.25) is 0 Å². The highest BCUT2D eigenvalue weighted by molar-refractivity contribution is 5.47. The van der Waals surface area contributed by atoms with Crippen LogP contribution in [0.15, 0.2) is 55.1 Å². The minimum atomic E-state index is -0.411. The van der Waals surface area contributed by atoms with E-state index in [1.807, 2.05) is 6.08 Å². The van der Waals surface area contributed by atoms with E-state index in [0.717, 1.165) is 30.7 Å². The van der Waals surface area contributed by atoms with Crippen molar-refractivity contribution in [2.24, 2.45) is 0 Å². The fourth-order valence-corrected chi connectivity index (χ4v) is 1.32. The Balaban J connectivity index is 0.000000184. The Bertz CT molecular complexity index is 448. The summed E-state index contributed by atoms with van der Waals surface area (Å²) in [5, 5.41) is 0. The third kappa shape index (κ3) is 4.91. The van der Waals surface area contributed by atoms with Crippen LogP contribution in [0.4, 0.5) is 8.78 Å². The maximum atomic E-state index is 11.9. The predicted octanol–water partition coefficient (Wildman–Crippen LogP) is 4.86. The smallest absolute Gasteiger partial charge is 0.123 e. The first-order chi connectivity index (χ1) is 8.65. The van der Waals surface area contributed by atoms with Crippen molar-refractivity contribution in [1.82, 2.24) is 0 Å². The molecule has 0 nitrogen and oxygen atoms in total. The third-order valence-corrected chi connectivity index (χ3v) is 2.43. The SMILES string of the molecule is C=Cc1ccc(CC)cc1.Fc1ccc(F)cc1. The Morgan fingerprint density at radius 2 is 1.33 bits per heavy atom. The zero-order valence-corrected chi connectivity index (χ0v) is 10.4. The van der Waals surface area contributed by atoms with Crippen LogP contribution in [0, 0.1) is 11.6 Å². The lowest BCUT2D eigenvalue weighted by molar-refractivity contribution is 0.600. The second-order valence-electron chi connectivity index (χ2n) is 3.74. The normalized spacial score (nSPS) is 9.28. The second-order valence-corrected chi connectivity index (χ2v) is 3.74. The molecule has 2 heteroatoms. The molecule has 0 aliphatic heterocycles. The lowest BCUT2D eigenvalue weighted by atomic mass is 10.1. The van der Waals surface area contributed by atoms with Crippen molar-refractivity contribution in [3.8, 4) is 0 Å². The van der Waals surface area contributed by atoms with Crippen molar-refractivity contribution in [2.75, 3.05) is 0 Å². The summed E-state index contributed by atoms with van der Waals surface area (Å²) < 4.78 is 23.8. The van der Waals surface area contributed by atoms with E-state index in [-0.39, 0.29) is 0 Å². The Kier molecular flexibility index (Phi) is 5.78. The quantitative estimate of drug-likeness (QED) is 0.710. The molecule has 0 saturated carbocycles. The molecule has 0 amide bonds. The molecule has 2 rings (SSSR count). The van der Waals surface area contributed by atoms with Crippen molar-refractivity contribution < 1.29 is 8.78 Å². The minimum Gasteiger partial charge on any atom is -0.207 e. The largest absolute Gasteiger partial charge is 0.207 e. The van der Waals surface area contributed by atoms with Crippen LogP contribution in [0.1, 0.15) is 18.1 Å². The van der Waals surface area contributed by atoms with Crippen LogP contribution < -0.4 is 0 Å². The summed E-state index contributed by atoms with van der Waals surface area (Å²) in [5.74, 6) is -0.821. The Hall–Kier alpha value is -1.96. The van der Waals surface area contributed by atoms with Gasteiger partial charge in [0, 0.05) is 0 Å². The molecule has 2 aromatic rings. The van der Waals surface area contributed by atoms with E-state index in [2.05, 4.69) is 37.8 Å². The molecule has 0 saturated heterocycles. The third-order valence-electron chi connectivity index (χ3n) is 2.43. The standard InChI is InChI=1S/C10H12.C6H4F2/c1-3-9-5-7-10(4-2)8-6-9;7-5-1-2-6(8)4-3-5/h3,5-8H,1,4H2,2H3;1-4H. The van der Waals surface area contributed by atoms with E-state index in [4.69, 9.17) is 0 Å². The number of rotatable bonds is 2. The Labute approximate surface area is 107 Å². The van der Waals surface area contributed by atoms with Crippen molar-refractivity contribution in [2.45, 2.75) is 13.3 Å². The van der Waals surface area contributed by atoms with Crippen LogP contribution >= 0.6 is 0 Å². The fraction of sp³-hybridized carbons (Fsp3) is 0.125. The Morgan fingerprint density at radius 3 is 1.67 bits per heavy atom. The first kappa shape index (κ1) is 14.1. The highest BCUT2D eigenvalue weighted by Gasteiger charge is 1.87. The monoisotopic (exact) mass is 246 g/mol. The molecule has 0 N–H and O–H groups in total. The number of hydrogen-bond acceptors (Lipinski definition) is 0. The van der Waals surface area contributed by atoms with E-state index in [9.17, 15) is 8.78 Å². The van der Waals surface area contributed by atoms with Gasteiger partial charge in [0.1, 0.15) is 11.6 Å². The number of hydrogen-bond donors (Lipinski definition) is 0. The molecule has 0 fully saturated rings. The van der Waals surface area contributed by atoms with Crippen LogP contribution in [0.25, 0.3) is 6.08 Å². The topological polar surface area (TPSA) is 0 Å². The lowest BCUT2D eigenvalue weighted by Crippen LogP contribution is -1.78. The van der Waals surface area contributed by atoms with E-state index in [0.29, 0.717) is 0 Å². The van der Waals surface area contributed by atoms with Crippen molar-refractivity contribution in [3.05, 3.63) is 77.9 Å². The number of halogens is 2. The van der Waals surface area contributed by atoms with Gasteiger partial charge in [0.05, 0.1) is 0 Å². The molecule has 0 heterocycles. The van der Waals surface area contributed by atoms with Crippen molar-refractivity contribution >= 4 is 6.08 Å². The molecule has 2 aromatic carbocycles.